The van der Waals surface area contributed by atoms with Gasteiger partial charge in [-0.05, 0) is 88.7 Å². The van der Waals surface area contributed by atoms with Crippen molar-refractivity contribution in [3.05, 3.63) is 138 Å². The van der Waals surface area contributed by atoms with Crippen molar-refractivity contribution in [1.29, 1.82) is 5.26 Å². The molecule has 0 atom stereocenters. The van der Waals surface area contributed by atoms with Crippen LogP contribution in [0.3, 0.4) is 0 Å². The molecule has 0 bridgehead atoms. The van der Waals surface area contributed by atoms with Crippen molar-refractivity contribution in [3.63, 3.8) is 0 Å². The summed E-state index contributed by atoms with van der Waals surface area (Å²) in [6.07, 6.45) is 1.86. The van der Waals surface area contributed by atoms with E-state index in [2.05, 4.69) is 154 Å². The highest BCUT2D eigenvalue weighted by Gasteiger charge is 2.23. The number of pyridine rings is 1. The predicted molar refractivity (Wildman–Crippen MR) is 200 cm³/mol. The van der Waals surface area contributed by atoms with Crippen LogP contribution in [0.2, 0.25) is 0 Å². The molecule has 0 spiro atoms. The largest absolute Gasteiger partial charge is 0.309 e. The zero-order valence-corrected chi connectivity index (χ0v) is 28.3. The molecule has 4 heteroatoms. The zero-order chi connectivity index (χ0) is 33.4. The second kappa shape index (κ2) is 10.7. The van der Waals surface area contributed by atoms with Crippen molar-refractivity contribution in [2.24, 2.45) is 0 Å². The van der Waals surface area contributed by atoms with Gasteiger partial charge in [-0.3, -0.25) is 4.98 Å². The Kier molecular flexibility index (Phi) is 6.62. The summed E-state index contributed by atoms with van der Waals surface area (Å²) in [5.74, 6) is 0. The summed E-state index contributed by atoms with van der Waals surface area (Å²) in [7, 11) is 0. The van der Waals surface area contributed by atoms with E-state index in [1.165, 1.54) is 32.7 Å². The smallest absolute Gasteiger partial charge is 0.0991 e. The molecule has 0 aliphatic carbocycles. The first-order valence-electron chi connectivity index (χ1n) is 16.6. The van der Waals surface area contributed by atoms with Crippen LogP contribution in [0.5, 0.6) is 0 Å². The number of aromatic nitrogens is 3. The molecule has 0 amide bonds. The summed E-state index contributed by atoms with van der Waals surface area (Å²) in [4.78, 5) is 5.08. The number of benzene rings is 5. The third-order valence-corrected chi connectivity index (χ3v) is 9.73. The Labute approximate surface area is 281 Å². The van der Waals surface area contributed by atoms with Gasteiger partial charge >= 0.3 is 0 Å². The molecule has 8 rings (SSSR count). The van der Waals surface area contributed by atoms with Crippen LogP contribution < -0.4 is 0 Å². The Morgan fingerprint density at radius 1 is 0.521 bits per heavy atom. The second-order valence-corrected chi connectivity index (χ2v) is 14.9. The molecule has 3 heterocycles. The van der Waals surface area contributed by atoms with Gasteiger partial charge in [0.1, 0.15) is 0 Å². The number of nitriles is 1. The van der Waals surface area contributed by atoms with E-state index in [0.717, 1.165) is 44.7 Å². The maximum absolute atomic E-state index is 10.1. The first kappa shape index (κ1) is 29.7. The van der Waals surface area contributed by atoms with E-state index in [0.29, 0.717) is 5.56 Å². The lowest BCUT2D eigenvalue weighted by Gasteiger charge is -2.20. The number of para-hydroxylation sites is 2. The average molecular weight is 623 g/mol. The lowest BCUT2D eigenvalue weighted by atomic mass is 9.86. The predicted octanol–water partition coefficient (Wildman–Crippen LogP) is 11.4. The van der Waals surface area contributed by atoms with Crippen molar-refractivity contribution in [1.82, 2.24) is 14.1 Å². The minimum atomic E-state index is 0.0236. The lowest BCUT2D eigenvalue weighted by Crippen LogP contribution is -2.10. The van der Waals surface area contributed by atoms with Gasteiger partial charge in [0.2, 0.25) is 0 Å². The summed E-state index contributed by atoms with van der Waals surface area (Å²) < 4.78 is 4.68. The van der Waals surface area contributed by atoms with Gasteiger partial charge in [-0.15, -0.1) is 0 Å². The van der Waals surface area contributed by atoms with E-state index in [4.69, 9.17) is 4.98 Å². The fourth-order valence-corrected chi connectivity index (χ4v) is 7.17. The van der Waals surface area contributed by atoms with Crippen LogP contribution >= 0.6 is 0 Å². The van der Waals surface area contributed by atoms with Gasteiger partial charge in [-0.2, -0.15) is 5.26 Å². The Hall–Kier alpha value is -5.66. The molecule has 0 saturated heterocycles. The van der Waals surface area contributed by atoms with E-state index in [1.54, 1.807) is 0 Å². The summed E-state index contributed by atoms with van der Waals surface area (Å²) in [5, 5.41) is 15.0. The molecule has 8 aromatic rings. The second-order valence-electron chi connectivity index (χ2n) is 14.9. The highest BCUT2D eigenvalue weighted by atomic mass is 15.0. The quantitative estimate of drug-likeness (QED) is 0.197. The molecule has 234 valence electrons. The molecule has 5 aromatic carbocycles. The summed E-state index contributed by atoms with van der Waals surface area (Å²) in [5.41, 5.74) is 11.4. The fraction of sp³-hybridized carbons (Fsp3) is 0.182. The molecular formula is C44H38N4. The van der Waals surface area contributed by atoms with Crippen LogP contribution in [0.15, 0.2) is 121 Å². The monoisotopic (exact) mass is 622 g/mol. The molecule has 0 N–H and O–H groups in total. The van der Waals surface area contributed by atoms with E-state index in [-0.39, 0.29) is 10.8 Å². The molecule has 0 radical (unpaired) electrons. The lowest BCUT2D eigenvalue weighted by molar-refractivity contribution is 0.591. The number of rotatable bonds is 3. The number of nitrogens with zero attached hydrogens (tertiary/aromatic N) is 4. The molecule has 4 nitrogen and oxygen atoms in total. The molecular weight excluding hydrogens is 585 g/mol. The maximum atomic E-state index is 10.1. The van der Waals surface area contributed by atoms with Crippen LogP contribution in [0.1, 0.15) is 58.2 Å². The van der Waals surface area contributed by atoms with Gasteiger partial charge in [-0.25, -0.2) is 0 Å². The van der Waals surface area contributed by atoms with E-state index < -0.39 is 0 Å². The SMILES string of the molecule is CC(C)(C)c1ccc2c(c1)c1ccccc1n2-c1ccc(C#N)cc1-c1ncccc1-n1c2ccccc2c2cc(C(C)(C)C)ccc21. The van der Waals surface area contributed by atoms with Gasteiger partial charge in [0.25, 0.3) is 0 Å². The average Bonchev–Trinajstić information content (AvgIpc) is 3.59. The Morgan fingerprint density at radius 3 is 1.58 bits per heavy atom. The summed E-state index contributed by atoms with van der Waals surface area (Å²) in [6, 6.07) is 43.4. The van der Waals surface area contributed by atoms with Crippen LogP contribution in [-0.2, 0) is 10.8 Å². The molecule has 3 aromatic heterocycles. The normalized spacial score (nSPS) is 12.4. The van der Waals surface area contributed by atoms with Gasteiger partial charge in [0.05, 0.1) is 50.8 Å². The van der Waals surface area contributed by atoms with Gasteiger partial charge in [-0.1, -0.05) is 90.1 Å². The minimum Gasteiger partial charge on any atom is -0.309 e. The van der Waals surface area contributed by atoms with E-state index in [9.17, 15) is 5.26 Å². The Balaban J connectivity index is 1.45. The Morgan fingerprint density at radius 2 is 1.04 bits per heavy atom. The molecule has 0 fully saturated rings. The van der Waals surface area contributed by atoms with E-state index in [1.807, 2.05) is 24.4 Å². The summed E-state index contributed by atoms with van der Waals surface area (Å²) in [6.45, 7) is 13.5. The van der Waals surface area contributed by atoms with Crippen molar-refractivity contribution in [2.75, 3.05) is 0 Å². The van der Waals surface area contributed by atoms with Crippen molar-refractivity contribution in [2.45, 2.75) is 52.4 Å². The fourth-order valence-electron chi connectivity index (χ4n) is 7.17. The highest BCUT2D eigenvalue weighted by molar-refractivity contribution is 6.11. The van der Waals surface area contributed by atoms with Gasteiger partial charge in [0, 0.05) is 33.3 Å². The van der Waals surface area contributed by atoms with Crippen molar-refractivity contribution >= 4 is 43.6 Å². The summed E-state index contributed by atoms with van der Waals surface area (Å²) >= 11 is 0. The van der Waals surface area contributed by atoms with Crippen LogP contribution in [0.25, 0.3) is 66.2 Å². The van der Waals surface area contributed by atoms with E-state index >= 15 is 0 Å². The topological polar surface area (TPSA) is 46.5 Å². The van der Waals surface area contributed by atoms with Crippen LogP contribution in [-0.4, -0.2) is 14.1 Å². The molecule has 0 aliphatic rings. The zero-order valence-electron chi connectivity index (χ0n) is 28.3. The maximum Gasteiger partial charge on any atom is 0.0991 e. The minimum absolute atomic E-state index is 0.0236. The van der Waals surface area contributed by atoms with Crippen LogP contribution in [0, 0.1) is 11.3 Å². The number of hydrogen-bond acceptors (Lipinski definition) is 2. The molecule has 48 heavy (non-hydrogen) atoms. The third-order valence-electron chi connectivity index (χ3n) is 9.73. The van der Waals surface area contributed by atoms with Crippen molar-refractivity contribution in [3.8, 4) is 28.7 Å². The highest BCUT2D eigenvalue weighted by Crippen LogP contribution is 2.41. The molecule has 0 unspecified atom stereocenters. The standard InChI is InChI=1S/C44H38N4/c1-43(2,3)29-18-21-38-33(25-29)31-12-7-9-14-36(31)47(38)40-20-17-28(27-45)24-35(40)42-41(16-11-23-46-42)48-37-15-10-8-13-32(37)34-26-30(44(4,5)6)19-22-39(34)48/h7-26H,1-6H3. The number of fused-ring (bicyclic) bond motifs is 6. The third kappa shape index (κ3) is 4.61. The first-order chi connectivity index (χ1) is 23.0. The molecule has 0 aliphatic heterocycles. The number of hydrogen-bond donors (Lipinski definition) is 0. The van der Waals surface area contributed by atoms with Gasteiger partial charge in [0.15, 0.2) is 0 Å². The first-order valence-corrected chi connectivity index (χ1v) is 16.6. The molecule has 0 saturated carbocycles. The Bertz CT molecular complexity index is 2590. The van der Waals surface area contributed by atoms with Crippen molar-refractivity contribution < 1.29 is 0 Å². The van der Waals surface area contributed by atoms with Gasteiger partial charge < -0.3 is 9.13 Å². The van der Waals surface area contributed by atoms with Crippen LogP contribution in [0.4, 0.5) is 0 Å².